The van der Waals surface area contributed by atoms with Crippen molar-refractivity contribution in [2.45, 2.75) is 50.9 Å². The van der Waals surface area contributed by atoms with Crippen LogP contribution >= 0.6 is 11.8 Å². The zero-order valence-corrected chi connectivity index (χ0v) is 15.1. The molecule has 2 aromatic heterocycles. The second kappa shape index (κ2) is 7.30. The summed E-state index contributed by atoms with van der Waals surface area (Å²) in [6.07, 6.45) is 3.93. The lowest BCUT2D eigenvalue weighted by atomic mass is 10.1. The molecule has 1 aliphatic rings. The minimum absolute atomic E-state index is 0.00744. The van der Waals surface area contributed by atoms with Gasteiger partial charge in [-0.2, -0.15) is 0 Å². The third-order valence-corrected chi connectivity index (χ3v) is 4.88. The van der Waals surface area contributed by atoms with Crippen molar-refractivity contribution in [3.63, 3.8) is 0 Å². The number of thioether (sulfide) groups is 1. The fourth-order valence-electron chi connectivity index (χ4n) is 2.81. The Kier molecular flexibility index (Phi) is 5.14. The number of aromatic nitrogens is 3. The molecule has 1 aliphatic carbocycles. The van der Waals surface area contributed by atoms with E-state index in [4.69, 9.17) is 0 Å². The highest BCUT2D eigenvalue weighted by Gasteiger charge is 2.36. The van der Waals surface area contributed by atoms with Gasteiger partial charge in [-0.3, -0.25) is 9.78 Å². The molecular formula is C18H22N4OS. The first-order valence-electron chi connectivity index (χ1n) is 8.22. The minimum Gasteiger partial charge on any atom is -0.331 e. The van der Waals surface area contributed by atoms with Crippen molar-refractivity contribution in [2.24, 2.45) is 0 Å². The number of nitrogens with zero attached hydrogens (tertiary/aromatic N) is 4. The average molecular weight is 342 g/mol. The van der Waals surface area contributed by atoms with E-state index in [1.807, 2.05) is 43.0 Å². The van der Waals surface area contributed by atoms with Crippen LogP contribution in [0, 0.1) is 13.8 Å². The van der Waals surface area contributed by atoms with Gasteiger partial charge in [0.25, 0.3) is 0 Å². The molecule has 0 spiro atoms. The van der Waals surface area contributed by atoms with Gasteiger partial charge in [0.2, 0.25) is 5.91 Å². The van der Waals surface area contributed by atoms with E-state index in [1.165, 1.54) is 11.8 Å². The summed E-state index contributed by atoms with van der Waals surface area (Å²) in [6, 6.07) is 8.11. The van der Waals surface area contributed by atoms with Crippen LogP contribution in [-0.2, 0) is 4.79 Å². The Morgan fingerprint density at radius 1 is 1.29 bits per heavy atom. The number of rotatable bonds is 6. The molecule has 1 atom stereocenters. The first kappa shape index (κ1) is 16.9. The maximum atomic E-state index is 12.8. The van der Waals surface area contributed by atoms with Crippen LogP contribution in [0.15, 0.2) is 35.6 Å². The highest BCUT2D eigenvalue weighted by atomic mass is 32.2. The van der Waals surface area contributed by atoms with Crippen molar-refractivity contribution in [1.29, 1.82) is 0 Å². The number of pyridine rings is 1. The van der Waals surface area contributed by atoms with Crippen molar-refractivity contribution in [2.75, 3.05) is 5.75 Å². The highest BCUT2D eigenvalue weighted by Crippen LogP contribution is 2.34. The first-order valence-corrected chi connectivity index (χ1v) is 9.20. The number of carbonyl (C=O) groups excluding carboxylic acids is 1. The smallest absolute Gasteiger partial charge is 0.233 e. The lowest BCUT2D eigenvalue weighted by Gasteiger charge is -2.29. The fourth-order valence-corrected chi connectivity index (χ4v) is 3.63. The topological polar surface area (TPSA) is 59.0 Å². The lowest BCUT2D eigenvalue weighted by molar-refractivity contribution is -0.131. The first-order chi connectivity index (χ1) is 11.5. The molecule has 0 unspecified atom stereocenters. The van der Waals surface area contributed by atoms with Gasteiger partial charge in [-0.1, -0.05) is 17.8 Å². The maximum absolute atomic E-state index is 12.8. The van der Waals surface area contributed by atoms with E-state index >= 15 is 0 Å². The third-order valence-electron chi connectivity index (χ3n) is 4.05. The molecule has 1 saturated carbocycles. The van der Waals surface area contributed by atoms with Crippen LogP contribution in [0.2, 0.25) is 0 Å². The van der Waals surface area contributed by atoms with E-state index in [0.717, 1.165) is 29.9 Å². The molecule has 2 heterocycles. The van der Waals surface area contributed by atoms with Gasteiger partial charge in [-0.05, 0) is 51.8 Å². The molecule has 2 aromatic rings. The van der Waals surface area contributed by atoms with Gasteiger partial charge >= 0.3 is 0 Å². The number of aryl methyl sites for hydroxylation is 2. The molecule has 24 heavy (non-hydrogen) atoms. The second-order valence-electron chi connectivity index (χ2n) is 6.18. The molecule has 0 N–H and O–H groups in total. The Hall–Kier alpha value is -1.95. The summed E-state index contributed by atoms with van der Waals surface area (Å²) in [5.74, 6) is 0.486. The summed E-state index contributed by atoms with van der Waals surface area (Å²) in [5.41, 5.74) is 2.79. The molecule has 6 heteroatoms. The average Bonchev–Trinajstić information content (AvgIpc) is 3.38. The summed E-state index contributed by atoms with van der Waals surface area (Å²) in [4.78, 5) is 28.0. The fraction of sp³-hybridized carbons (Fsp3) is 0.444. The van der Waals surface area contributed by atoms with Crippen molar-refractivity contribution >= 4 is 17.7 Å². The monoisotopic (exact) mass is 342 g/mol. The number of hydrogen-bond acceptors (Lipinski definition) is 5. The van der Waals surface area contributed by atoms with E-state index in [-0.39, 0.29) is 11.9 Å². The van der Waals surface area contributed by atoms with Crippen LogP contribution in [0.1, 0.15) is 42.9 Å². The van der Waals surface area contributed by atoms with E-state index in [1.54, 1.807) is 6.20 Å². The predicted octanol–water partition coefficient (Wildman–Crippen LogP) is 3.33. The Morgan fingerprint density at radius 2 is 2.00 bits per heavy atom. The third kappa shape index (κ3) is 4.12. The lowest BCUT2D eigenvalue weighted by Crippen LogP contribution is -2.37. The Balaban J connectivity index is 1.69. The molecule has 126 valence electrons. The number of hydrogen-bond donors (Lipinski definition) is 0. The van der Waals surface area contributed by atoms with Gasteiger partial charge in [0.05, 0.1) is 17.5 Å². The zero-order valence-electron chi connectivity index (χ0n) is 14.3. The predicted molar refractivity (Wildman–Crippen MR) is 94.8 cm³/mol. The van der Waals surface area contributed by atoms with E-state index in [2.05, 4.69) is 21.9 Å². The molecule has 0 aromatic carbocycles. The Bertz CT molecular complexity index is 698. The van der Waals surface area contributed by atoms with Crippen LogP contribution in [0.3, 0.4) is 0 Å². The summed E-state index contributed by atoms with van der Waals surface area (Å²) >= 11 is 1.41. The van der Waals surface area contributed by atoms with Crippen molar-refractivity contribution < 1.29 is 4.79 Å². The van der Waals surface area contributed by atoms with Crippen LogP contribution in [0.25, 0.3) is 0 Å². The molecule has 5 nitrogen and oxygen atoms in total. The molecular weight excluding hydrogens is 320 g/mol. The Morgan fingerprint density at radius 3 is 2.58 bits per heavy atom. The summed E-state index contributed by atoms with van der Waals surface area (Å²) < 4.78 is 0. The van der Waals surface area contributed by atoms with Crippen molar-refractivity contribution in [3.05, 3.63) is 47.5 Å². The molecule has 3 rings (SSSR count). The minimum atomic E-state index is -0.00744. The maximum Gasteiger partial charge on any atom is 0.233 e. The molecule has 0 radical (unpaired) electrons. The SMILES string of the molecule is Cc1cc(C)nc(SCC(=O)N(C2CC2)[C@@H](C)c2ccccn2)n1. The van der Waals surface area contributed by atoms with Crippen LogP contribution in [-0.4, -0.2) is 37.6 Å². The van der Waals surface area contributed by atoms with Crippen molar-refractivity contribution in [1.82, 2.24) is 19.9 Å². The number of carbonyl (C=O) groups is 1. The normalized spacial score (nSPS) is 15.1. The van der Waals surface area contributed by atoms with E-state index in [0.29, 0.717) is 17.0 Å². The van der Waals surface area contributed by atoms with Crippen LogP contribution < -0.4 is 0 Å². The van der Waals surface area contributed by atoms with Gasteiger partial charge in [0.15, 0.2) is 5.16 Å². The van der Waals surface area contributed by atoms with Gasteiger partial charge in [0.1, 0.15) is 0 Å². The van der Waals surface area contributed by atoms with Gasteiger partial charge in [-0.15, -0.1) is 0 Å². The summed E-state index contributed by atoms with van der Waals surface area (Å²) in [5, 5.41) is 0.669. The summed E-state index contributed by atoms with van der Waals surface area (Å²) in [6.45, 7) is 5.94. The van der Waals surface area contributed by atoms with E-state index in [9.17, 15) is 4.79 Å². The molecule has 0 bridgehead atoms. The molecule has 1 fully saturated rings. The van der Waals surface area contributed by atoms with Crippen LogP contribution in [0.4, 0.5) is 0 Å². The van der Waals surface area contributed by atoms with Crippen molar-refractivity contribution in [3.8, 4) is 0 Å². The molecule has 0 aliphatic heterocycles. The van der Waals surface area contributed by atoms with Gasteiger partial charge in [-0.25, -0.2) is 9.97 Å². The molecule has 0 saturated heterocycles. The Labute approximate surface area is 146 Å². The summed E-state index contributed by atoms with van der Waals surface area (Å²) in [7, 11) is 0. The van der Waals surface area contributed by atoms with Crippen LogP contribution in [0.5, 0.6) is 0 Å². The number of amides is 1. The molecule has 1 amide bonds. The standard InChI is InChI=1S/C18H22N4OS/c1-12-10-13(2)21-18(20-12)24-11-17(23)22(15-7-8-15)14(3)16-6-4-5-9-19-16/h4-6,9-10,14-15H,7-8,11H2,1-3H3/t14-/m0/s1. The van der Waals surface area contributed by atoms with E-state index < -0.39 is 0 Å². The second-order valence-corrected chi connectivity index (χ2v) is 7.13. The zero-order chi connectivity index (χ0) is 17.1. The quantitative estimate of drug-likeness (QED) is 0.595. The largest absolute Gasteiger partial charge is 0.331 e. The van der Waals surface area contributed by atoms with Gasteiger partial charge in [0, 0.05) is 23.6 Å². The highest BCUT2D eigenvalue weighted by molar-refractivity contribution is 7.99. The van der Waals surface area contributed by atoms with Gasteiger partial charge < -0.3 is 4.90 Å².